The molecule has 2 atom stereocenters. The molecule has 0 aliphatic carbocycles. The number of esters is 1. The Balaban J connectivity index is 2.36. The van der Waals surface area contributed by atoms with E-state index in [0.717, 1.165) is 6.08 Å². The standard InChI is InChI=1S/C9H10O6S/c1-3-6(10)15-16-9(12)14-7-5(2)4-13-8(7)11/h3,5,7H,1,4H2,2H3. The lowest BCUT2D eigenvalue weighted by molar-refractivity contribution is -0.144. The highest BCUT2D eigenvalue weighted by molar-refractivity contribution is 8.09. The van der Waals surface area contributed by atoms with Crippen molar-refractivity contribution in [1.82, 2.24) is 0 Å². The van der Waals surface area contributed by atoms with Gasteiger partial charge in [-0.05, 0) is 0 Å². The first-order valence-corrected chi connectivity index (χ1v) is 5.17. The Labute approximate surface area is 96.1 Å². The third-order valence-electron chi connectivity index (χ3n) is 1.82. The van der Waals surface area contributed by atoms with E-state index in [1.165, 1.54) is 0 Å². The van der Waals surface area contributed by atoms with Crippen LogP contribution in [0, 0.1) is 5.92 Å². The Morgan fingerprint density at radius 2 is 2.31 bits per heavy atom. The monoisotopic (exact) mass is 246 g/mol. The van der Waals surface area contributed by atoms with E-state index in [1.807, 2.05) is 0 Å². The highest BCUT2D eigenvalue weighted by Crippen LogP contribution is 2.20. The first-order valence-electron chi connectivity index (χ1n) is 4.42. The van der Waals surface area contributed by atoms with Crippen molar-refractivity contribution >= 4 is 29.3 Å². The lowest BCUT2D eigenvalue weighted by Gasteiger charge is -2.10. The predicted octanol–water partition coefficient (Wildman–Crippen LogP) is 1.06. The van der Waals surface area contributed by atoms with E-state index in [0.29, 0.717) is 0 Å². The smallest absolute Gasteiger partial charge is 0.408 e. The second-order valence-corrected chi connectivity index (χ2v) is 3.75. The molecule has 1 rings (SSSR count). The average molecular weight is 246 g/mol. The number of rotatable bonds is 2. The van der Waals surface area contributed by atoms with Gasteiger partial charge < -0.3 is 13.7 Å². The number of cyclic esters (lactones) is 1. The Kier molecular flexibility index (Phi) is 4.36. The molecule has 0 amide bonds. The predicted molar refractivity (Wildman–Crippen MR) is 54.3 cm³/mol. The van der Waals surface area contributed by atoms with E-state index >= 15 is 0 Å². The summed E-state index contributed by atoms with van der Waals surface area (Å²) in [5.74, 6) is -1.55. The van der Waals surface area contributed by atoms with Gasteiger partial charge in [-0.15, -0.1) is 0 Å². The van der Waals surface area contributed by atoms with Crippen molar-refractivity contribution < 1.29 is 28.0 Å². The van der Waals surface area contributed by atoms with Gasteiger partial charge in [-0.3, -0.25) is 0 Å². The van der Waals surface area contributed by atoms with Crippen LogP contribution < -0.4 is 0 Å². The van der Waals surface area contributed by atoms with Crippen LogP contribution in [0.25, 0.3) is 0 Å². The lowest BCUT2D eigenvalue weighted by atomic mass is 10.1. The van der Waals surface area contributed by atoms with Gasteiger partial charge >= 0.3 is 17.2 Å². The molecule has 1 heterocycles. The molecule has 1 aliphatic rings. The summed E-state index contributed by atoms with van der Waals surface area (Å²) >= 11 is 0.210. The number of ether oxygens (including phenoxy) is 2. The van der Waals surface area contributed by atoms with Crippen molar-refractivity contribution in [2.24, 2.45) is 5.92 Å². The van der Waals surface area contributed by atoms with Crippen LogP contribution in [-0.4, -0.2) is 30.0 Å². The zero-order valence-corrected chi connectivity index (χ0v) is 9.32. The molecule has 1 aliphatic heterocycles. The molecule has 88 valence electrons. The molecule has 2 unspecified atom stereocenters. The van der Waals surface area contributed by atoms with Crippen LogP contribution in [0.15, 0.2) is 12.7 Å². The van der Waals surface area contributed by atoms with Crippen molar-refractivity contribution in [2.45, 2.75) is 13.0 Å². The SMILES string of the molecule is C=CC(=O)OSC(=O)OC1C(=O)OCC1C. The number of carbonyl (C=O) groups is 3. The summed E-state index contributed by atoms with van der Waals surface area (Å²) in [4.78, 5) is 32.8. The van der Waals surface area contributed by atoms with E-state index in [1.54, 1.807) is 6.92 Å². The zero-order valence-electron chi connectivity index (χ0n) is 8.50. The third-order valence-corrected chi connectivity index (χ3v) is 2.30. The molecule has 0 aromatic rings. The number of hydrogen-bond donors (Lipinski definition) is 0. The molecule has 0 spiro atoms. The van der Waals surface area contributed by atoms with Crippen molar-refractivity contribution in [3.63, 3.8) is 0 Å². The second-order valence-electron chi connectivity index (χ2n) is 3.09. The summed E-state index contributed by atoms with van der Waals surface area (Å²) in [6, 6.07) is 0. The zero-order chi connectivity index (χ0) is 12.1. The minimum absolute atomic E-state index is 0.202. The average Bonchev–Trinajstić information content (AvgIpc) is 2.57. The van der Waals surface area contributed by atoms with Crippen LogP contribution in [0.1, 0.15) is 6.92 Å². The lowest BCUT2D eigenvalue weighted by Crippen LogP contribution is -2.26. The molecule has 1 fully saturated rings. The van der Waals surface area contributed by atoms with Gasteiger partial charge in [0.1, 0.15) is 0 Å². The molecular weight excluding hydrogens is 236 g/mol. The Bertz CT molecular complexity index is 326. The quantitative estimate of drug-likeness (QED) is 0.409. The van der Waals surface area contributed by atoms with Crippen LogP contribution in [0.4, 0.5) is 4.79 Å². The summed E-state index contributed by atoms with van der Waals surface area (Å²) in [6.07, 6.45) is -0.0188. The molecule has 0 aromatic heterocycles. The number of carbonyl (C=O) groups excluding carboxylic acids is 3. The molecular formula is C9H10O6S. The fourth-order valence-corrected chi connectivity index (χ4v) is 1.37. The minimum Gasteiger partial charge on any atom is -0.462 e. The Hall–Kier alpha value is -1.50. The highest BCUT2D eigenvalue weighted by Gasteiger charge is 2.37. The molecule has 0 radical (unpaired) electrons. The van der Waals surface area contributed by atoms with E-state index in [9.17, 15) is 14.4 Å². The molecule has 7 heteroatoms. The van der Waals surface area contributed by atoms with Gasteiger partial charge in [0, 0.05) is 12.0 Å². The summed E-state index contributed by atoms with van der Waals surface area (Å²) < 4.78 is 13.8. The van der Waals surface area contributed by atoms with Crippen molar-refractivity contribution in [3.8, 4) is 0 Å². The van der Waals surface area contributed by atoms with Crippen LogP contribution in [0.2, 0.25) is 0 Å². The maximum Gasteiger partial charge on any atom is 0.408 e. The highest BCUT2D eigenvalue weighted by atomic mass is 32.2. The first-order chi connectivity index (χ1) is 7.54. The van der Waals surface area contributed by atoms with E-state index in [2.05, 4.69) is 15.5 Å². The molecule has 6 nitrogen and oxygen atoms in total. The summed E-state index contributed by atoms with van der Waals surface area (Å²) in [6.45, 7) is 5.08. The number of hydrogen-bond acceptors (Lipinski definition) is 7. The van der Waals surface area contributed by atoms with E-state index < -0.39 is 23.3 Å². The van der Waals surface area contributed by atoms with Crippen molar-refractivity contribution in [2.75, 3.05) is 6.61 Å². The molecule has 0 saturated carbocycles. The third kappa shape index (κ3) is 3.27. The van der Waals surface area contributed by atoms with Crippen LogP contribution in [0.3, 0.4) is 0 Å². The van der Waals surface area contributed by atoms with E-state index in [-0.39, 0.29) is 24.6 Å². The van der Waals surface area contributed by atoms with Crippen molar-refractivity contribution in [1.29, 1.82) is 0 Å². The van der Waals surface area contributed by atoms with Gasteiger partial charge in [-0.25, -0.2) is 14.4 Å². The van der Waals surface area contributed by atoms with E-state index in [4.69, 9.17) is 4.74 Å². The minimum atomic E-state index is -0.928. The summed E-state index contributed by atoms with van der Waals surface area (Å²) in [7, 11) is 0. The first kappa shape index (κ1) is 12.6. The van der Waals surface area contributed by atoms with Crippen LogP contribution in [0.5, 0.6) is 0 Å². The molecule has 16 heavy (non-hydrogen) atoms. The van der Waals surface area contributed by atoms with Gasteiger partial charge in [-0.1, -0.05) is 13.5 Å². The maximum absolute atomic E-state index is 11.1. The topological polar surface area (TPSA) is 78.9 Å². The van der Waals surface area contributed by atoms with Gasteiger partial charge in [0.2, 0.25) is 6.10 Å². The van der Waals surface area contributed by atoms with Crippen LogP contribution in [-0.2, 0) is 23.2 Å². The molecule has 0 N–H and O–H groups in total. The summed E-state index contributed by atoms with van der Waals surface area (Å²) in [5.41, 5.74) is 0. The second kappa shape index (κ2) is 5.55. The van der Waals surface area contributed by atoms with Gasteiger partial charge in [0.05, 0.1) is 6.61 Å². The molecule has 0 bridgehead atoms. The maximum atomic E-state index is 11.1. The van der Waals surface area contributed by atoms with Gasteiger partial charge in [0.15, 0.2) is 12.0 Å². The molecule has 1 saturated heterocycles. The van der Waals surface area contributed by atoms with Crippen LogP contribution >= 0.6 is 12.0 Å². The molecule has 0 aromatic carbocycles. The Morgan fingerprint density at radius 1 is 1.62 bits per heavy atom. The fourth-order valence-electron chi connectivity index (χ4n) is 1.01. The van der Waals surface area contributed by atoms with Gasteiger partial charge in [-0.2, -0.15) is 0 Å². The normalized spacial score (nSPS) is 23.4. The van der Waals surface area contributed by atoms with Crippen molar-refractivity contribution in [3.05, 3.63) is 12.7 Å². The van der Waals surface area contributed by atoms with Gasteiger partial charge in [0.25, 0.3) is 0 Å². The fraction of sp³-hybridized carbons (Fsp3) is 0.444. The largest absolute Gasteiger partial charge is 0.462 e. The summed E-state index contributed by atoms with van der Waals surface area (Å²) in [5, 5.41) is -0.870. The Morgan fingerprint density at radius 3 is 2.81 bits per heavy atom.